The highest BCUT2D eigenvalue weighted by atomic mass is 16.2. The first kappa shape index (κ1) is 22.3. The summed E-state index contributed by atoms with van der Waals surface area (Å²) in [6, 6.07) is 19.6. The van der Waals surface area contributed by atoms with Crippen LogP contribution < -0.4 is 10.6 Å². The van der Waals surface area contributed by atoms with Gasteiger partial charge in [0, 0.05) is 18.8 Å². The van der Waals surface area contributed by atoms with Gasteiger partial charge in [0.25, 0.3) is 5.91 Å². The number of aryl methyl sites for hydroxylation is 3. The monoisotopic (exact) mass is 445 g/mol. The lowest BCUT2D eigenvalue weighted by Gasteiger charge is -2.28. The molecule has 1 aliphatic heterocycles. The number of imide groups is 1. The molecule has 8 nitrogen and oxygen atoms in total. The number of benzene rings is 2. The van der Waals surface area contributed by atoms with E-state index in [2.05, 4.69) is 15.7 Å². The molecule has 4 rings (SSSR count). The van der Waals surface area contributed by atoms with Crippen LogP contribution in [0.25, 0.3) is 0 Å². The SMILES string of the molecule is Cc1cc(C)n(CCCNC(=O)CN2C(=O)NC(c3ccccc3)(c3ccccc3)C2=O)n1. The average Bonchev–Trinajstić information content (AvgIpc) is 3.28. The molecule has 1 aromatic heterocycles. The fourth-order valence-electron chi connectivity index (χ4n) is 4.21. The van der Waals surface area contributed by atoms with Gasteiger partial charge in [0.15, 0.2) is 5.54 Å². The topological polar surface area (TPSA) is 96.3 Å². The Hall–Kier alpha value is -3.94. The Morgan fingerprint density at radius 2 is 1.61 bits per heavy atom. The smallest absolute Gasteiger partial charge is 0.326 e. The van der Waals surface area contributed by atoms with Gasteiger partial charge in [0.2, 0.25) is 5.91 Å². The van der Waals surface area contributed by atoms with Gasteiger partial charge in [0.1, 0.15) is 6.54 Å². The van der Waals surface area contributed by atoms with Crippen LogP contribution >= 0.6 is 0 Å². The molecule has 1 aliphatic rings. The number of aromatic nitrogens is 2. The van der Waals surface area contributed by atoms with Gasteiger partial charge in [-0.1, -0.05) is 60.7 Å². The predicted molar refractivity (Wildman–Crippen MR) is 123 cm³/mol. The van der Waals surface area contributed by atoms with Crippen LogP contribution in [0.3, 0.4) is 0 Å². The number of carbonyl (C=O) groups is 3. The molecule has 0 aliphatic carbocycles. The molecular weight excluding hydrogens is 418 g/mol. The summed E-state index contributed by atoms with van der Waals surface area (Å²) in [6.07, 6.45) is 0.686. The quantitative estimate of drug-likeness (QED) is 0.411. The summed E-state index contributed by atoms with van der Waals surface area (Å²) in [7, 11) is 0. The van der Waals surface area contributed by atoms with Crippen LogP contribution in [0.1, 0.15) is 28.9 Å². The second-order valence-electron chi connectivity index (χ2n) is 8.16. The Morgan fingerprint density at radius 3 is 2.15 bits per heavy atom. The van der Waals surface area contributed by atoms with E-state index in [1.807, 2.05) is 61.0 Å². The highest BCUT2D eigenvalue weighted by Gasteiger charge is 2.53. The average molecular weight is 446 g/mol. The minimum atomic E-state index is -1.37. The van der Waals surface area contributed by atoms with Crippen molar-refractivity contribution in [3.8, 4) is 0 Å². The van der Waals surface area contributed by atoms with Gasteiger partial charge >= 0.3 is 6.03 Å². The summed E-state index contributed by atoms with van der Waals surface area (Å²) in [5, 5.41) is 10.1. The van der Waals surface area contributed by atoms with Crippen LogP contribution in [0.5, 0.6) is 0 Å². The molecule has 1 saturated heterocycles. The van der Waals surface area contributed by atoms with Crippen molar-refractivity contribution >= 4 is 17.8 Å². The Morgan fingerprint density at radius 1 is 1.00 bits per heavy atom. The fraction of sp³-hybridized carbons (Fsp3) is 0.280. The first-order chi connectivity index (χ1) is 15.9. The summed E-state index contributed by atoms with van der Waals surface area (Å²) in [6.45, 7) is 4.68. The Bertz CT molecular complexity index is 1120. The van der Waals surface area contributed by atoms with Gasteiger partial charge < -0.3 is 10.6 Å². The first-order valence-corrected chi connectivity index (χ1v) is 10.9. The van der Waals surface area contributed by atoms with E-state index in [1.165, 1.54) is 0 Å². The van der Waals surface area contributed by atoms with Crippen molar-refractivity contribution in [3.05, 3.63) is 89.2 Å². The van der Waals surface area contributed by atoms with Crippen molar-refractivity contribution in [2.75, 3.05) is 13.1 Å². The van der Waals surface area contributed by atoms with Crippen LogP contribution in [0.4, 0.5) is 4.79 Å². The molecule has 0 atom stereocenters. The molecule has 2 N–H and O–H groups in total. The highest BCUT2D eigenvalue weighted by molar-refractivity contribution is 6.11. The first-order valence-electron chi connectivity index (χ1n) is 10.9. The third-order valence-corrected chi connectivity index (χ3v) is 5.79. The number of amides is 4. The van der Waals surface area contributed by atoms with E-state index >= 15 is 0 Å². The van der Waals surface area contributed by atoms with Crippen LogP contribution in [0.2, 0.25) is 0 Å². The lowest BCUT2D eigenvalue weighted by molar-refractivity contribution is -0.134. The molecular formula is C25H27N5O3. The maximum atomic E-state index is 13.6. The Labute approximate surface area is 192 Å². The molecule has 170 valence electrons. The molecule has 0 spiro atoms. The number of nitrogens with one attached hydrogen (secondary N) is 2. The van der Waals surface area contributed by atoms with Crippen molar-refractivity contribution < 1.29 is 14.4 Å². The Balaban J connectivity index is 1.44. The van der Waals surface area contributed by atoms with E-state index in [0.717, 1.165) is 16.3 Å². The number of rotatable bonds is 8. The molecule has 3 aromatic rings. The van der Waals surface area contributed by atoms with Gasteiger partial charge in [-0.2, -0.15) is 5.10 Å². The summed E-state index contributed by atoms with van der Waals surface area (Å²) in [5.41, 5.74) is 1.94. The largest absolute Gasteiger partial charge is 0.354 e. The van der Waals surface area contributed by atoms with E-state index in [-0.39, 0.29) is 12.5 Å². The van der Waals surface area contributed by atoms with Gasteiger partial charge in [-0.3, -0.25) is 19.2 Å². The lowest BCUT2D eigenvalue weighted by atomic mass is 9.82. The van der Waals surface area contributed by atoms with Gasteiger partial charge in [-0.05, 0) is 37.5 Å². The van der Waals surface area contributed by atoms with Crippen LogP contribution in [0, 0.1) is 13.8 Å². The van der Waals surface area contributed by atoms with Crippen molar-refractivity contribution in [3.63, 3.8) is 0 Å². The van der Waals surface area contributed by atoms with Gasteiger partial charge in [0.05, 0.1) is 5.69 Å². The molecule has 1 fully saturated rings. The van der Waals surface area contributed by atoms with E-state index in [4.69, 9.17) is 0 Å². The second kappa shape index (κ2) is 9.28. The molecule has 0 radical (unpaired) electrons. The van der Waals surface area contributed by atoms with Crippen molar-refractivity contribution in [1.29, 1.82) is 0 Å². The van der Waals surface area contributed by atoms with Crippen LogP contribution in [0.15, 0.2) is 66.7 Å². The molecule has 0 bridgehead atoms. The number of urea groups is 1. The van der Waals surface area contributed by atoms with E-state index < -0.39 is 17.5 Å². The third-order valence-electron chi connectivity index (χ3n) is 5.79. The molecule has 33 heavy (non-hydrogen) atoms. The normalized spacial score (nSPS) is 14.9. The summed E-state index contributed by atoms with van der Waals surface area (Å²) < 4.78 is 1.90. The van der Waals surface area contributed by atoms with Crippen molar-refractivity contribution in [1.82, 2.24) is 25.3 Å². The summed E-state index contributed by atoms with van der Waals surface area (Å²) in [4.78, 5) is 40.0. The maximum Gasteiger partial charge on any atom is 0.326 e. The standard InChI is InChI=1S/C25H27N5O3/c1-18-16-19(2)30(28-18)15-9-14-26-22(31)17-29-23(32)25(27-24(29)33,20-10-5-3-6-11-20)21-12-7-4-8-13-21/h3-8,10-13,16H,9,14-15,17H2,1-2H3,(H,26,31)(H,27,33). The molecule has 4 amide bonds. The number of hydrogen-bond donors (Lipinski definition) is 2. The van der Waals surface area contributed by atoms with Gasteiger partial charge in [-0.25, -0.2) is 4.79 Å². The number of carbonyl (C=O) groups excluding carboxylic acids is 3. The minimum absolute atomic E-state index is 0.341. The zero-order valence-electron chi connectivity index (χ0n) is 18.7. The number of hydrogen-bond acceptors (Lipinski definition) is 4. The maximum absolute atomic E-state index is 13.6. The second-order valence-corrected chi connectivity index (χ2v) is 8.16. The van der Waals surface area contributed by atoms with Crippen LogP contribution in [-0.2, 0) is 21.7 Å². The fourth-order valence-corrected chi connectivity index (χ4v) is 4.21. The third kappa shape index (κ3) is 4.37. The lowest BCUT2D eigenvalue weighted by Crippen LogP contribution is -2.46. The van der Waals surface area contributed by atoms with Crippen LogP contribution in [-0.4, -0.2) is 45.6 Å². The molecule has 0 saturated carbocycles. The van der Waals surface area contributed by atoms with Gasteiger partial charge in [-0.15, -0.1) is 0 Å². The number of nitrogens with zero attached hydrogens (tertiary/aromatic N) is 3. The molecule has 0 unspecified atom stereocenters. The predicted octanol–water partition coefficient (Wildman–Crippen LogP) is 2.50. The molecule has 8 heteroatoms. The Kier molecular flexibility index (Phi) is 6.26. The summed E-state index contributed by atoms with van der Waals surface area (Å²) >= 11 is 0. The van der Waals surface area contributed by atoms with E-state index in [1.54, 1.807) is 24.3 Å². The summed E-state index contributed by atoms with van der Waals surface area (Å²) in [5.74, 6) is -0.855. The highest BCUT2D eigenvalue weighted by Crippen LogP contribution is 2.35. The zero-order valence-corrected chi connectivity index (χ0v) is 18.7. The minimum Gasteiger partial charge on any atom is -0.354 e. The molecule has 2 aromatic carbocycles. The van der Waals surface area contributed by atoms with E-state index in [0.29, 0.717) is 30.6 Å². The van der Waals surface area contributed by atoms with Crippen molar-refractivity contribution in [2.45, 2.75) is 32.4 Å². The van der Waals surface area contributed by atoms with E-state index in [9.17, 15) is 14.4 Å². The molecule has 2 heterocycles. The van der Waals surface area contributed by atoms with Crippen molar-refractivity contribution in [2.24, 2.45) is 0 Å². The zero-order chi connectivity index (χ0) is 23.4.